The van der Waals surface area contributed by atoms with Crippen LogP contribution >= 0.6 is 0 Å². The molecule has 0 atom stereocenters. The lowest BCUT2D eigenvalue weighted by Crippen LogP contribution is -2.33. The van der Waals surface area contributed by atoms with E-state index in [9.17, 15) is 4.79 Å². The van der Waals surface area contributed by atoms with Crippen molar-refractivity contribution in [2.24, 2.45) is 5.92 Å². The molecule has 0 bridgehead atoms. The first-order valence-electron chi connectivity index (χ1n) is 7.10. The molecule has 3 heteroatoms. The van der Waals surface area contributed by atoms with Crippen molar-refractivity contribution >= 4 is 5.91 Å². The summed E-state index contributed by atoms with van der Waals surface area (Å²) in [6.45, 7) is 1.70. The van der Waals surface area contributed by atoms with Gasteiger partial charge in [0, 0.05) is 6.42 Å². The number of carbonyl (C=O) groups excluding carboxylic acids is 1. The Morgan fingerprint density at radius 2 is 1.94 bits per heavy atom. The topological polar surface area (TPSA) is 35.0 Å². The smallest absolute Gasteiger partial charge is 0.220 e. The van der Waals surface area contributed by atoms with Gasteiger partial charge in [0.15, 0.2) is 0 Å². The summed E-state index contributed by atoms with van der Waals surface area (Å²) in [6.07, 6.45) is 10.0. The standard InChI is InChI=1S/C14H28N2O/c1-16(2)12-11-15-14(17)10-6-9-13-7-4-3-5-8-13/h13H,3-12H2,1-2H3,(H,15,17)/q+1. The van der Waals surface area contributed by atoms with Crippen LogP contribution < -0.4 is 10.2 Å². The third-order valence-electron chi connectivity index (χ3n) is 3.62. The van der Waals surface area contributed by atoms with E-state index in [0.29, 0.717) is 6.42 Å². The molecular formula is C14H28N2O+. The van der Waals surface area contributed by atoms with Crippen molar-refractivity contribution in [3.63, 3.8) is 0 Å². The minimum atomic E-state index is 0.225. The minimum absolute atomic E-state index is 0.225. The summed E-state index contributed by atoms with van der Waals surface area (Å²) < 4.78 is 0. The number of carbonyl (C=O) groups is 1. The SMILES string of the molecule is C[N+](C)CCNC(=O)CCCC1CCCCC1. The Bertz CT molecular complexity index is 210. The number of hydrogen-bond acceptors (Lipinski definition) is 2. The van der Waals surface area contributed by atoms with Gasteiger partial charge >= 0.3 is 0 Å². The third kappa shape index (κ3) is 7.37. The van der Waals surface area contributed by atoms with Crippen molar-refractivity contribution in [2.45, 2.75) is 51.4 Å². The van der Waals surface area contributed by atoms with Gasteiger partial charge in [0.1, 0.15) is 20.6 Å². The monoisotopic (exact) mass is 240 g/mol. The average Bonchev–Trinajstić information content (AvgIpc) is 2.30. The maximum Gasteiger partial charge on any atom is 0.220 e. The van der Waals surface area contributed by atoms with E-state index in [2.05, 4.69) is 10.2 Å². The number of hydrogen-bond donors (Lipinski definition) is 1. The lowest BCUT2D eigenvalue weighted by molar-refractivity contribution is -0.121. The number of nitrogens with one attached hydrogen (secondary N) is 1. The van der Waals surface area contributed by atoms with Gasteiger partial charge in [0.05, 0.1) is 6.54 Å². The molecule has 1 saturated carbocycles. The number of likely N-dealkylation sites (N-methyl/N-ethyl adjacent to an activating group) is 1. The molecule has 1 aliphatic carbocycles. The molecule has 17 heavy (non-hydrogen) atoms. The van der Waals surface area contributed by atoms with Crippen LogP contribution in [0.1, 0.15) is 51.4 Å². The van der Waals surface area contributed by atoms with Crippen molar-refractivity contribution in [1.29, 1.82) is 0 Å². The predicted molar refractivity (Wildman–Crippen MR) is 72.3 cm³/mol. The molecule has 3 nitrogen and oxygen atoms in total. The quantitative estimate of drug-likeness (QED) is 0.681. The molecule has 0 saturated heterocycles. The lowest BCUT2D eigenvalue weighted by atomic mass is 9.86. The second-order valence-electron chi connectivity index (χ2n) is 5.55. The summed E-state index contributed by atoms with van der Waals surface area (Å²) in [5, 5.41) is 2.97. The normalized spacial score (nSPS) is 17.4. The molecule has 1 N–H and O–H groups in total. The van der Waals surface area contributed by atoms with E-state index in [0.717, 1.165) is 25.4 Å². The first-order chi connectivity index (χ1) is 8.18. The fourth-order valence-electron chi connectivity index (χ4n) is 2.53. The van der Waals surface area contributed by atoms with Gasteiger partial charge in [-0.3, -0.25) is 4.79 Å². The molecule has 1 radical (unpaired) electrons. The van der Waals surface area contributed by atoms with E-state index >= 15 is 0 Å². The van der Waals surface area contributed by atoms with Gasteiger partial charge in [-0.1, -0.05) is 32.1 Å². The number of amides is 1. The zero-order valence-corrected chi connectivity index (χ0v) is 11.5. The zero-order chi connectivity index (χ0) is 12.5. The molecule has 0 aliphatic heterocycles. The van der Waals surface area contributed by atoms with Gasteiger partial charge in [-0.25, -0.2) is 0 Å². The van der Waals surface area contributed by atoms with Gasteiger partial charge in [0.25, 0.3) is 0 Å². The van der Waals surface area contributed by atoms with Crippen molar-refractivity contribution in [3.8, 4) is 0 Å². The first-order valence-corrected chi connectivity index (χ1v) is 7.10. The van der Waals surface area contributed by atoms with E-state index in [1.807, 2.05) is 14.1 Å². The highest BCUT2D eigenvalue weighted by Crippen LogP contribution is 2.27. The summed E-state index contributed by atoms with van der Waals surface area (Å²) in [5.41, 5.74) is 0. The van der Waals surface area contributed by atoms with Crippen LogP contribution in [0.5, 0.6) is 0 Å². The molecule has 1 rings (SSSR count). The van der Waals surface area contributed by atoms with Crippen molar-refractivity contribution < 1.29 is 4.79 Å². The fourth-order valence-corrected chi connectivity index (χ4v) is 2.53. The molecule has 0 heterocycles. The van der Waals surface area contributed by atoms with E-state index in [4.69, 9.17) is 0 Å². The Kier molecular flexibility index (Phi) is 7.25. The Hall–Kier alpha value is -0.570. The summed E-state index contributed by atoms with van der Waals surface area (Å²) in [5.74, 6) is 1.13. The van der Waals surface area contributed by atoms with Crippen LogP contribution in [-0.4, -0.2) is 33.1 Å². The van der Waals surface area contributed by atoms with Gasteiger partial charge in [-0.05, 0) is 18.8 Å². The van der Waals surface area contributed by atoms with Crippen LogP contribution in [0.25, 0.3) is 0 Å². The highest BCUT2D eigenvalue weighted by molar-refractivity contribution is 5.75. The maximum absolute atomic E-state index is 11.5. The molecule has 1 amide bonds. The minimum Gasteiger partial charge on any atom is -0.350 e. The molecule has 1 fully saturated rings. The van der Waals surface area contributed by atoms with Crippen LogP contribution in [-0.2, 0) is 4.79 Å². The van der Waals surface area contributed by atoms with Crippen LogP contribution in [0.3, 0.4) is 0 Å². The molecule has 1 aliphatic rings. The fraction of sp³-hybridized carbons (Fsp3) is 0.929. The van der Waals surface area contributed by atoms with Gasteiger partial charge < -0.3 is 5.32 Å². The van der Waals surface area contributed by atoms with Gasteiger partial charge in [0.2, 0.25) is 5.91 Å². The molecule has 99 valence electrons. The van der Waals surface area contributed by atoms with Crippen molar-refractivity contribution in [3.05, 3.63) is 0 Å². The highest BCUT2D eigenvalue weighted by atomic mass is 16.1. The molecule has 0 aromatic rings. The largest absolute Gasteiger partial charge is 0.350 e. The second kappa shape index (κ2) is 8.51. The molecule has 0 spiro atoms. The summed E-state index contributed by atoms with van der Waals surface area (Å²) in [6, 6.07) is 0. The van der Waals surface area contributed by atoms with Crippen LogP contribution in [0.2, 0.25) is 0 Å². The Morgan fingerprint density at radius 1 is 1.24 bits per heavy atom. The van der Waals surface area contributed by atoms with E-state index in [1.165, 1.54) is 38.5 Å². The summed E-state index contributed by atoms with van der Waals surface area (Å²) >= 11 is 0. The van der Waals surface area contributed by atoms with Crippen LogP contribution in [0, 0.1) is 5.92 Å². The summed E-state index contributed by atoms with van der Waals surface area (Å²) in [7, 11) is 4.05. The predicted octanol–water partition coefficient (Wildman–Crippen LogP) is 2.25. The van der Waals surface area contributed by atoms with E-state index in [1.54, 1.807) is 0 Å². The Labute approximate surface area is 106 Å². The van der Waals surface area contributed by atoms with E-state index < -0.39 is 0 Å². The number of rotatable bonds is 7. The van der Waals surface area contributed by atoms with E-state index in [-0.39, 0.29) is 5.91 Å². The van der Waals surface area contributed by atoms with Gasteiger partial charge in [-0.2, -0.15) is 4.90 Å². The maximum atomic E-state index is 11.5. The Balaban J connectivity index is 1.95. The number of nitrogens with zero attached hydrogens (tertiary/aromatic N) is 1. The first kappa shape index (κ1) is 14.5. The molecule has 0 aromatic heterocycles. The second-order valence-corrected chi connectivity index (χ2v) is 5.55. The van der Waals surface area contributed by atoms with Gasteiger partial charge in [-0.15, -0.1) is 0 Å². The lowest BCUT2D eigenvalue weighted by Gasteiger charge is -2.21. The molecule has 0 unspecified atom stereocenters. The molecular weight excluding hydrogens is 212 g/mol. The van der Waals surface area contributed by atoms with Crippen LogP contribution in [0.15, 0.2) is 0 Å². The highest BCUT2D eigenvalue weighted by Gasteiger charge is 2.13. The van der Waals surface area contributed by atoms with Crippen molar-refractivity contribution in [2.75, 3.05) is 27.2 Å². The van der Waals surface area contributed by atoms with Crippen molar-refractivity contribution in [1.82, 2.24) is 10.2 Å². The van der Waals surface area contributed by atoms with Crippen LogP contribution in [0.4, 0.5) is 0 Å². The third-order valence-corrected chi connectivity index (χ3v) is 3.62. The average molecular weight is 240 g/mol. The summed E-state index contributed by atoms with van der Waals surface area (Å²) in [4.78, 5) is 13.6. The Morgan fingerprint density at radius 3 is 2.59 bits per heavy atom. The zero-order valence-electron chi connectivity index (χ0n) is 11.5. The molecule has 0 aromatic carbocycles.